The highest BCUT2D eigenvalue weighted by Gasteiger charge is 2.30. The number of nitrogens with one attached hydrogen (secondary N) is 1. The highest BCUT2D eigenvalue weighted by atomic mass is 31.2. The maximum atomic E-state index is 13.6. The van der Waals surface area contributed by atoms with Gasteiger partial charge in [0.2, 0.25) is 5.91 Å². The lowest BCUT2D eigenvalue weighted by Crippen LogP contribution is -2.47. The summed E-state index contributed by atoms with van der Waals surface area (Å²) in [6, 6.07) is -0.854. The molecule has 0 bridgehead atoms. The van der Waals surface area contributed by atoms with Gasteiger partial charge in [-0.25, -0.2) is 4.57 Å². The molecule has 0 saturated carbocycles. The van der Waals surface area contributed by atoms with Gasteiger partial charge < -0.3 is 19.4 Å². The number of unbranched alkanes of at least 4 members (excludes halogenated alkanes) is 42. The molecule has 10 heteroatoms. The fraction of sp³-hybridized carbons (Fsp3) is 0.859. The minimum atomic E-state index is -4.46. The topological polar surface area (TPSA) is 111 Å². The van der Waals surface area contributed by atoms with Crippen molar-refractivity contribution in [3.8, 4) is 0 Å². The van der Waals surface area contributed by atoms with Gasteiger partial charge in [0.1, 0.15) is 19.3 Å². The monoisotopic (exact) mass is 1160 g/mol. The summed E-state index contributed by atoms with van der Waals surface area (Å²) in [4.78, 5) is 37.9. The lowest BCUT2D eigenvalue weighted by molar-refractivity contribution is -0.870. The van der Waals surface area contributed by atoms with E-state index in [-0.39, 0.29) is 25.1 Å². The lowest BCUT2D eigenvalue weighted by Gasteiger charge is -2.27. The Balaban J connectivity index is 5.13. The smallest absolute Gasteiger partial charge is 0.456 e. The van der Waals surface area contributed by atoms with E-state index >= 15 is 0 Å². The van der Waals surface area contributed by atoms with Crippen molar-refractivity contribution in [2.75, 3.05) is 40.9 Å². The van der Waals surface area contributed by atoms with E-state index in [0.29, 0.717) is 23.9 Å². The third kappa shape index (κ3) is 62.3. The van der Waals surface area contributed by atoms with Crippen LogP contribution >= 0.6 is 7.82 Å². The van der Waals surface area contributed by atoms with E-state index in [4.69, 9.17) is 13.8 Å². The van der Waals surface area contributed by atoms with Crippen molar-refractivity contribution < 1.29 is 37.3 Å². The number of hydrogen-bond acceptors (Lipinski definition) is 6. The number of phosphoric ester groups is 1. The number of allylic oxidation sites excluding steroid dienone is 7. The molecule has 0 aliphatic carbocycles. The Morgan fingerprint density at radius 1 is 0.432 bits per heavy atom. The molecule has 0 aromatic heterocycles. The van der Waals surface area contributed by atoms with Crippen LogP contribution in [-0.2, 0) is 27.9 Å². The number of carbonyl (C=O) groups is 2. The molecule has 476 valence electrons. The second kappa shape index (κ2) is 61.1. The first kappa shape index (κ1) is 79.0. The number of ether oxygens (including phenoxy) is 1. The van der Waals surface area contributed by atoms with Crippen LogP contribution in [0.25, 0.3) is 0 Å². The Labute approximate surface area is 503 Å². The average Bonchev–Trinajstić information content (AvgIpc) is 3.44. The number of nitrogens with zero attached hydrogens (tertiary/aromatic N) is 1. The van der Waals surface area contributed by atoms with Crippen LogP contribution in [0.2, 0.25) is 0 Å². The molecule has 1 amide bonds. The maximum absolute atomic E-state index is 13.6. The van der Waals surface area contributed by atoms with Crippen LogP contribution in [0.4, 0.5) is 0 Å². The van der Waals surface area contributed by atoms with Crippen molar-refractivity contribution >= 4 is 19.7 Å². The van der Waals surface area contributed by atoms with Crippen LogP contribution in [0.5, 0.6) is 0 Å². The largest absolute Gasteiger partial charge is 0.472 e. The minimum Gasteiger partial charge on any atom is -0.456 e. The molecule has 3 atom stereocenters. The summed E-state index contributed by atoms with van der Waals surface area (Å²) in [5, 5.41) is 3.07. The van der Waals surface area contributed by atoms with Gasteiger partial charge in [0.25, 0.3) is 0 Å². The minimum absolute atomic E-state index is 0.0387. The summed E-state index contributed by atoms with van der Waals surface area (Å²) >= 11 is 0. The van der Waals surface area contributed by atoms with Crippen molar-refractivity contribution in [3.05, 3.63) is 48.6 Å². The average molecular weight is 1160 g/mol. The summed E-state index contributed by atoms with van der Waals surface area (Å²) in [6.45, 7) is 7.03. The van der Waals surface area contributed by atoms with Gasteiger partial charge in [-0.1, -0.05) is 307 Å². The van der Waals surface area contributed by atoms with Gasteiger partial charge in [-0.2, -0.15) is 0 Å². The van der Waals surface area contributed by atoms with E-state index in [9.17, 15) is 19.0 Å². The molecule has 0 aliphatic heterocycles. The molecule has 0 rings (SSSR count). The van der Waals surface area contributed by atoms with E-state index in [1.807, 2.05) is 33.3 Å². The molecule has 0 aromatic carbocycles. The van der Waals surface area contributed by atoms with Crippen molar-refractivity contribution in [1.82, 2.24) is 5.32 Å². The fourth-order valence-electron chi connectivity index (χ4n) is 10.4. The molecular weight excluding hydrogens is 1020 g/mol. The number of rotatable bonds is 64. The first-order chi connectivity index (χ1) is 39.4. The van der Waals surface area contributed by atoms with Gasteiger partial charge in [-0.05, 0) is 70.3 Å². The number of quaternary nitrogens is 1. The quantitative estimate of drug-likeness (QED) is 0.0205. The molecule has 0 radical (unpaired) electrons. The van der Waals surface area contributed by atoms with Crippen LogP contribution in [0.15, 0.2) is 48.6 Å². The molecule has 0 aromatic rings. The third-order valence-corrected chi connectivity index (χ3v) is 16.8. The molecule has 3 unspecified atom stereocenters. The summed E-state index contributed by atoms with van der Waals surface area (Å²) in [5.74, 6) is -0.503. The normalized spacial score (nSPS) is 13.8. The van der Waals surface area contributed by atoms with Gasteiger partial charge in [0, 0.05) is 12.8 Å². The predicted octanol–water partition coefficient (Wildman–Crippen LogP) is 22.0. The van der Waals surface area contributed by atoms with Gasteiger partial charge in [-0.15, -0.1) is 0 Å². The molecular formula is C71H136N2O7P+. The van der Waals surface area contributed by atoms with Crippen molar-refractivity contribution in [2.24, 2.45) is 0 Å². The number of esters is 1. The van der Waals surface area contributed by atoms with Crippen LogP contribution in [0.1, 0.15) is 342 Å². The Morgan fingerprint density at radius 2 is 0.753 bits per heavy atom. The third-order valence-electron chi connectivity index (χ3n) is 15.8. The van der Waals surface area contributed by atoms with E-state index in [2.05, 4.69) is 62.5 Å². The molecule has 0 fully saturated rings. The number of carbonyl (C=O) groups excluding carboxylic acids is 2. The molecule has 9 nitrogen and oxygen atoms in total. The van der Waals surface area contributed by atoms with Gasteiger partial charge in [-0.3, -0.25) is 18.6 Å². The van der Waals surface area contributed by atoms with Crippen molar-refractivity contribution in [2.45, 2.75) is 354 Å². The van der Waals surface area contributed by atoms with E-state index in [1.54, 1.807) is 0 Å². The molecule has 2 N–H and O–H groups in total. The van der Waals surface area contributed by atoms with Crippen molar-refractivity contribution in [1.29, 1.82) is 0 Å². The van der Waals surface area contributed by atoms with Crippen LogP contribution in [-0.4, -0.2) is 74.3 Å². The number of phosphoric acid groups is 1. The standard InChI is InChI=1S/C71H135N2O7P/c1-7-10-13-16-19-22-25-28-30-32-34-35-36-37-39-41-43-46-49-52-55-58-61-64-71(75)80-69(62-59-56-53-50-47-44-27-24-21-18-15-12-9-3)68(67-79-81(76,77)78-66-65-73(4,5)6)72-70(74)63-60-57-54-51-48-45-42-40-38-33-31-29-26-23-20-17-14-11-8-2/h20,23,29,31,38,40,59,62,68-69H,7-19,21-22,24-28,30,32-37,39,41-58,60-61,63-67H2,1-6H3,(H-,72,74,76,77)/p+1/b23-20-,31-29-,40-38-,62-59+. The number of likely N-dealkylation sites (N-methyl/N-ethyl adjacent to an activating group) is 1. The number of hydrogen-bond donors (Lipinski definition) is 2. The molecule has 0 spiro atoms. The van der Waals surface area contributed by atoms with Gasteiger partial charge >= 0.3 is 13.8 Å². The second-order valence-electron chi connectivity index (χ2n) is 25.1. The van der Waals surface area contributed by atoms with Crippen molar-refractivity contribution in [3.63, 3.8) is 0 Å². The van der Waals surface area contributed by atoms with Crippen LogP contribution < -0.4 is 5.32 Å². The second-order valence-corrected chi connectivity index (χ2v) is 26.5. The summed E-state index contributed by atoms with van der Waals surface area (Å²) in [7, 11) is 1.50. The summed E-state index contributed by atoms with van der Waals surface area (Å²) in [5.41, 5.74) is 0. The fourth-order valence-corrected chi connectivity index (χ4v) is 11.1. The van der Waals surface area contributed by atoms with Gasteiger partial charge in [0.05, 0.1) is 33.8 Å². The Hall–Kier alpha value is -2.03. The zero-order chi connectivity index (χ0) is 59.3. The number of amides is 1. The highest BCUT2D eigenvalue weighted by Crippen LogP contribution is 2.43. The predicted molar refractivity (Wildman–Crippen MR) is 351 cm³/mol. The van der Waals surface area contributed by atoms with Crippen LogP contribution in [0, 0.1) is 0 Å². The Bertz CT molecular complexity index is 1520. The molecule has 0 saturated heterocycles. The van der Waals surface area contributed by atoms with E-state index < -0.39 is 20.0 Å². The Kier molecular flexibility index (Phi) is 59.5. The maximum Gasteiger partial charge on any atom is 0.472 e. The Morgan fingerprint density at radius 3 is 1.15 bits per heavy atom. The first-order valence-electron chi connectivity index (χ1n) is 35.0. The van der Waals surface area contributed by atoms with Crippen LogP contribution in [0.3, 0.4) is 0 Å². The lowest BCUT2D eigenvalue weighted by atomic mass is 10.0. The van der Waals surface area contributed by atoms with E-state index in [0.717, 1.165) is 83.5 Å². The summed E-state index contributed by atoms with van der Waals surface area (Å²) in [6.07, 6.45) is 76.9. The summed E-state index contributed by atoms with van der Waals surface area (Å²) < 4.78 is 30.8. The van der Waals surface area contributed by atoms with Gasteiger partial charge in [0.15, 0.2) is 0 Å². The zero-order valence-electron chi connectivity index (χ0n) is 54.5. The highest BCUT2D eigenvalue weighted by molar-refractivity contribution is 7.47. The molecule has 0 heterocycles. The zero-order valence-corrected chi connectivity index (χ0v) is 55.4. The molecule has 0 aliphatic rings. The SMILES string of the molecule is CCCCC/C=C\C/C=C\C/C=C\CCCCCCCCC(=O)NC(COP(=O)(O)OCC[N+](C)(C)C)C(/C=C/CCCCCCCCCCCCC)OC(=O)CCCCCCCCCCCCCCCCCCCCCCCCC. The van der Waals surface area contributed by atoms with E-state index in [1.165, 1.54) is 225 Å². The molecule has 81 heavy (non-hydrogen) atoms. The first-order valence-corrected chi connectivity index (χ1v) is 36.5.